The maximum absolute atomic E-state index is 11.6. The number of rotatable bonds is 6. The number of azide groups is 1. The van der Waals surface area contributed by atoms with Gasteiger partial charge >= 0.3 is 5.97 Å². The third-order valence-electron chi connectivity index (χ3n) is 2.39. The summed E-state index contributed by atoms with van der Waals surface area (Å²) in [4.78, 5) is 16.1. The van der Waals surface area contributed by atoms with E-state index in [0.29, 0.717) is 0 Å². The van der Waals surface area contributed by atoms with Gasteiger partial charge in [0.2, 0.25) is 0 Å². The first-order valence-corrected chi connectivity index (χ1v) is 5.66. The molecule has 0 aliphatic carbocycles. The molecule has 0 aliphatic heterocycles. The minimum atomic E-state index is -0.833. The van der Waals surface area contributed by atoms with E-state index in [-0.39, 0.29) is 13.2 Å². The average molecular weight is 248 g/mol. The number of para-hydroxylation sites is 1. The van der Waals surface area contributed by atoms with E-state index in [2.05, 4.69) is 10.0 Å². The lowest BCUT2D eigenvalue weighted by Gasteiger charge is -2.22. The first-order chi connectivity index (χ1) is 8.69. The van der Waals surface area contributed by atoms with Crippen LogP contribution in [0.15, 0.2) is 35.4 Å². The summed E-state index contributed by atoms with van der Waals surface area (Å²) in [5.74, 6) is -0.502. The van der Waals surface area contributed by atoms with Crippen molar-refractivity contribution in [2.45, 2.75) is 13.0 Å². The Morgan fingerprint density at radius 3 is 2.72 bits per heavy atom. The van der Waals surface area contributed by atoms with Crippen LogP contribution in [0.4, 0.5) is 5.69 Å². The summed E-state index contributed by atoms with van der Waals surface area (Å²) < 4.78 is 4.86. The molecule has 1 aromatic rings. The van der Waals surface area contributed by atoms with E-state index in [9.17, 15) is 4.79 Å². The van der Waals surface area contributed by atoms with Gasteiger partial charge in [0.25, 0.3) is 0 Å². The molecule has 1 aromatic carbocycles. The summed E-state index contributed by atoms with van der Waals surface area (Å²) in [5.41, 5.74) is 9.41. The molecule has 6 nitrogen and oxygen atoms in total. The van der Waals surface area contributed by atoms with Crippen LogP contribution in [0.5, 0.6) is 0 Å². The lowest BCUT2D eigenvalue weighted by Crippen LogP contribution is -2.34. The Kier molecular flexibility index (Phi) is 5.54. The second kappa shape index (κ2) is 7.19. The summed E-state index contributed by atoms with van der Waals surface area (Å²) in [5, 5.41) is 3.47. The Morgan fingerprint density at radius 2 is 2.17 bits per heavy atom. The van der Waals surface area contributed by atoms with Crippen LogP contribution in [-0.4, -0.2) is 32.2 Å². The van der Waals surface area contributed by atoms with Gasteiger partial charge in [-0.2, -0.15) is 0 Å². The maximum Gasteiger partial charge on any atom is 0.316 e. The van der Waals surface area contributed by atoms with E-state index in [4.69, 9.17) is 10.3 Å². The Labute approximate surface area is 106 Å². The van der Waals surface area contributed by atoms with Crippen LogP contribution in [0.3, 0.4) is 0 Å². The van der Waals surface area contributed by atoms with Gasteiger partial charge in [-0.3, -0.25) is 4.79 Å². The highest BCUT2D eigenvalue weighted by molar-refractivity contribution is 5.76. The largest absolute Gasteiger partial charge is 0.466 e. The molecule has 1 unspecified atom stereocenters. The van der Waals surface area contributed by atoms with Crippen molar-refractivity contribution in [3.63, 3.8) is 0 Å². The first kappa shape index (κ1) is 13.9. The molecule has 0 aromatic heterocycles. The highest BCUT2D eigenvalue weighted by atomic mass is 16.5. The minimum Gasteiger partial charge on any atom is -0.466 e. The van der Waals surface area contributed by atoms with Crippen molar-refractivity contribution in [1.82, 2.24) is 0 Å². The number of carbonyl (C=O) groups is 1. The van der Waals surface area contributed by atoms with Gasteiger partial charge < -0.3 is 9.64 Å². The molecule has 1 rings (SSSR count). The fourth-order valence-electron chi connectivity index (χ4n) is 1.51. The van der Waals surface area contributed by atoms with Crippen LogP contribution in [0, 0.1) is 0 Å². The van der Waals surface area contributed by atoms with Crippen LogP contribution >= 0.6 is 0 Å². The maximum atomic E-state index is 11.6. The Balaban J connectivity index is 2.72. The average Bonchev–Trinajstić information content (AvgIpc) is 2.39. The second-order valence-corrected chi connectivity index (χ2v) is 3.69. The van der Waals surface area contributed by atoms with Gasteiger partial charge in [0.1, 0.15) is 0 Å². The van der Waals surface area contributed by atoms with Gasteiger partial charge in [-0.15, -0.1) is 0 Å². The van der Waals surface area contributed by atoms with Gasteiger partial charge in [0.05, 0.1) is 6.61 Å². The fourth-order valence-corrected chi connectivity index (χ4v) is 1.51. The Hall–Kier alpha value is -2.20. The van der Waals surface area contributed by atoms with Crippen LogP contribution in [0.25, 0.3) is 10.4 Å². The summed E-state index contributed by atoms with van der Waals surface area (Å²) in [6.45, 7) is 2.27. The number of likely N-dealkylation sites (N-methyl/N-ethyl adjacent to an activating group) is 1. The Morgan fingerprint density at radius 1 is 1.50 bits per heavy atom. The molecule has 6 heteroatoms. The fraction of sp³-hybridized carbons (Fsp3) is 0.417. The first-order valence-electron chi connectivity index (χ1n) is 5.66. The molecule has 0 amide bonds. The molecule has 0 spiro atoms. The molecular weight excluding hydrogens is 232 g/mol. The van der Waals surface area contributed by atoms with Crippen LogP contribution in [0.1, 0.15) is 6.92 Å². The normalized spacial score (nSPS) is 11.2. The zero-order valence-electron chi connectivity index (χ0n) is 10.5. The number of benzene rings is 1. The van der Waals surface area contributed by atoms with Gasteiger partial charge in [0.15, 0.2) is 6.04 Å². The summed E-state index contributed by atoms with van der Waals surface area (Å²) in [6, 6.07) is 8.71. The van der Waals surface area contributed by atoms with Crippen LogP contribution in [-0.2, 0) is 9.53 Å². The number of anilines is 1. The van der Waals surface area contributed by atoms with E-state index >= 15 is 0 Å². The molecule has 0 N–H and O–H groups in total. The zero-order chi connectivity index (χ0) is 13.4. The number of esters is 1. The van der Waals surface area contributed by atoms with Crippen molar-refractivity contribution in [2.75, 3.05) is 25.1 Å². The smallest absolute Gasteiger partial charge is 0.316 e. The standard InChI is InChI=1S/C12H16N4O2/c1-3-18-12(17)11(14-15-13)9-16(2)10-7-5-4-6-8-10/h4-8,11H,3,9H2,1-2H3. The van der Waals surface area contributed by atoms with Gasteiger partial charge in [-0.25, -0.2) is 0 Å². The van der Waals surface area contributed by atoms with E-state index in [0.717, 1.165) is 5.69 Å². The number of hydrogen-bond donors (Lipinski definition) is 0. The highest BCUT2D eigenvalue weighted by Gasteiger charge is 2.20. The molecule has 0 fully saturated rings. The molecule has 96 valence electrons. The third-order valence-corrected chi connectivity index (χ3v) is 2.39. The number of hydrogen-bond acceptors (Lipinski definition) is 4. The van der Waals surface area contributed by atoms with Crippen LogP contribution < -0.4 is 4.90 Å². The quantitative estimate of drug-likeness (QED) is 0.335. The lowest BCUT2D eigenvalue weighted by molar-refractivity contribution is -0.144. The molecule has 0 heterocycles. The second-order valence-electron chi connectivity index (χ2n) is 3.69. The summed E-state index contributed by atoms with van der Waals surface area (Å²) in [7, 11) is 1.83. The highest BCUT2D eigenvalue weighted by Crippen LogP contribution is 2.12. The number of ether oxygens (including phenoxy) is 1. The zero-order valence-corrected chi connectivity index (χ0v) is 10.5. The van der Waals surface area contributed by atoms with E-state index in [1.165, 1.54) is 0 Å². The SMILES string of the molecule is CCOC(=O)C(CN(C)c1ccccc1)N=[N+]=[N-]. The van der Waals surface area contributed by atoms with Crippen molar-refractivity contribution < 1.29 is 9.53 Å². The van der Waals surface area contributed by atoms with Crippen molar-refractivity contribution in [3.05, 3.63) is 40.8 Å². The van der Waals surface area contributed by atoms with E-state index < -0.39 is 12.0 Å². The predicted molar refractivity (Wildman–Crippen MR) is 69.3 cm³/mol. The van der Waals surface area contributed by atoms with E-state index in [1.807, 2.05) is 42.3 Å². The monoisotopic (exact) mass is 248 g/mol. The molecule has 0 saturated carbocycles. The predicted octanol–water partition coefficient (Wildman–Crippen LogP) is 2.36. The summed E-state index contributed by atoms with van der Waals surface area (Å²) in [6.07, 6.45) is 0. The van der Waals surface area contributed by atoms with Crippen molar-refractivity contribution >= 4 is 11.7 Å². The van der Waals surface area contributed by atoms with Crippen molar-refractivity contribution in [2.24, 2.45) is 5.11 Å². The minimum absolute atomic E-state index is 0.269. The molecule has 18 heavy (non-hydrogen) atoms. The topological polar surface area (TPSA) is 78.3 Å². The van der Waals surface area contributed by atoms with E-state index in [1.54, 1.807) is 6.92 Å². The molecule has 0 bridgehead atoms. The summed E-state index contributed by atoms with van der Waals surface area (Å²) >= 11 is 0. The van der Waals surface area contributed by atoms with Gasteiger partial charge in [-0.1, -0.05) is 23.3 Å². The van der Waals surface area contributed by atoms with Crippen molar-refractivity contribution in [1.29, 1.82) is 0 Å². The van der Waals surface area contributed by atoms with Gasteiger partial charge in [0, 0.05) is 24.2 Å². The number of nitrogens with zero attached hydrogens (tertiary/aromatic N) is 4. The molecule has 0 radical (unpaired) electrons. The molecule has 0 aliphatic rings. The Bertz CT molecular complexity index is 429. The number of carbonyl (C=O) groups excluding carboxylic acids is 1. The lowest BCUT2D eigenvalue weighted by atomic mass is 10.2. The molecular formula is C12H16N4O2. The van der Waals surface area contributed by atoms with Crippen LogP contribution in [0.2, 0.25) is 0 Å². The molecule has 1 atom stereocenters. The van der Waals surface area contributed by atoms with Gasteiger partial charge in [-0.05, 0) is 24.6 Å². The van der Waals surface area contributed by atoms with Crippen molar-refractivity contribution in [3.8, 4) is 0 Å². The third kappa shape index (κ3) is 3.99. The molecule has 0 saturated heterocycles.